The highest BCUT2D eigenvalue weighted by molar-refractivity contribution is 7.85. The molecule has 1 aliphatic rings. The average molecular weight is 897 g/mol. The zero-order chi connectivity index (χ0) is 45.5. The molecule has 1 saturated heterocycles. The summed E-state index contributed by atoms with van der Waals surface area (Å²) in [6.45, 7) is 3.69. The van der Waals surface area contributed by atoms with Crippen LogP contribution in [0.15, 0.2) is 60.8 Å². The largest absolute Gasteiger partial charge is 0.462 e. The van der Waals surface area contributed by atoms with Crippen LogP contribution in [0.5, 0.6) is 0 Å². The van der Waals surface area contributed by atoms with Gasteiger partial charge in [-0.1, -0.05) is 145 Å². The highest BCUT2D eigenvalue weighted by Gasteiger charge is 2.46. The lowest BCUT2D eigenvalue weighted by molar-refractivity contribution is -0.297. The van der Waals surface area contributed by atoms with E-state index in [1.54, 1.807) is 0 Å². The van der Waals surface area contributed by atoms with Crippen molar-refractivity contribution in [3.8, 4) is 0 Å². The minimum absolute atomic E-state index is 0.124. The van der Waals surface area contributed by atoms with Crippen molar-refractivity contribution in [2.75, 3.05) is 19.0 Å². The monoisotopic (exact) mass is 897 g/mol. The zero-order valence-corrected chi connectivity index (χ0v) is 39.0. The average Bonchev–Trinajstić information content (AvgIpc) is 3.24. The number of hydrogen-bond donors (Lipinski definition) is 4. The lowest BCUT2D eigenvalue weighted by atomic mass is 10.00. The van der Waals surface area contributed by atoms with Crippen molar-refractivity contribution in [1.82, 2.24) is 0 Å². The van der Waals surface area contributed by atoms with Gasteiger partial charge in [0, 0.05) is 12.8 Å². The van der Waals surface area contributed by atoms with Gasteiger partial charge in [0.15, 0.2) is 12.4 Å². The van der Waals surface area contributed by atoms with Gasteiger partial charge < -0.3 is 34.3 Å². The van der Waals surface area contributed by atoms with E-state index in [0.717, 1.165) is 70.6 Å². The Hall–Kier alpha value is -2.65. The molecule has 0 amide bonds. The van der Waals surface area contributed by atoms with Crippen molar-refractivity contribution in [2.45, 2.75) is 218 Å². The molecule has 0 aromatic rings. The Labute approximate surface area is 375 Å². The van der Waals surface area contributed by atoms with Crippen LogP contribution in [0.4, 0.5) is 0 Å². The Balaban J connectivity index is 2.46. The molecule has 358 valence electrons. The molecule has 4 N–H and O–H groups in total. The standard InChI is InChI=1S/C49H84O12S/c1-3-5-7-9-11-13-15-17-19-20-21-22-24-26-28-30-32-34-36-38-45(51)60-42(40-59-49-48(54)47(53)46(52)43(61-49)41-62(55,56)57)39-58-44(50)37-35-33-31-29-27-25-23-18-16-14-12-10-8-6-4-2/h11,13-14,16-17,19,21-22,26,28,42-43,46-49,52-54H,3-10,12,15,18,20,23-25,27,29-41H2,1-2H3,(H,55,56,57)/b13-11+,16-14+,19-17+,22-21+,28-26+/t42-,43-,46-,47?,48?,49+/m1/s1. The molecule has 0 saturated carbocycles. The number of ether oxygens (including phenoxy) is 4. The van der Waals surface area contributed by atoms with Crippen LogP contribution in [0.25, 0.3) is 0 Å². The lowest BCUT2D eigenvalue weighted by Gasteiger charge is -2.40. The molecule has 0 aromatic carbocycles. The summed E-state index contributed by atoms with van der Waals surface area (Å²) in [7, 11) is -4.61. The van der Waals surface area contributed by atoms with Crippen molar-refractivity contribution in [3.63, 3.8) is 0 Å². The third kappa shape index (κ3) is 32.9. The summed E-state index contributed by atoms with van der Waals surface area (Å²) in [6, 6.07) is 0. The van der Waals surface area contributed by atoms with Crippen LogP contribution >= 0.6 is 0 Å². The number of aliphatic hydroxyl groups is 3. The van der Waals surface area contributed by atoms with Gasteiger partial charge in [0.05, 0.1) is 6.61 Å². The Morgan fingerprint density at radius 3 is 1.50 bits per heavy atom. The highest BCUT2D eigenvalue weighted by Crippen LogP contribution is 2.24. The molecule has 1 fully saturated rings. The molecule has 0 radical (unpaired) electrons. The first-order chi connectivity index (χ1) is 30.0. The fraction of sp³-hybridized carbons (Fsp3) is 0.755. The van der Waals surface area contributed by atoms with Crippen molar-refractivity contribution >= 4 is 22.1 Å². The Morgan fingerprint density at radius 1 is 0.548 bits per heavy atom. The van der Waals surface area contributed by atoms with Crippen LogP contribution in [0, 0.1) is 0 Å². The van der Waals surface area contributed by atoms with Crippen LogP contribution in [0.1, 0.15) is 181 Å². The second-order valence-electron chi connectivity index (χ2n) is 16.4. The summed E-state index contributed by atoms with van der Waals surface area (Å²) < 4.78 is 54.1. The van der Waals surface area contributed by atoms with Gasteiger partial charge in [0.2, 0.25) is 0 Å². The SMILES string of the molecule is CCCCC/C=C/C/C=C/C/C=C/C/C=C/CCCCCC(=O)O[C@H](COC(=O)CCCCCCCCC/C=C/CCCCCC)CO[C@H]1O[C@H](CS(=O)(=O)O)[C@@H](O)C(O)C1O. The molecule has 0 aromatic heterocycles. The smallest absolute Gasteiger partial charge is 0.306 e. The van der Waals surface area contributed by atoms with E-state index in [4.69, 9.17) is 18.9 Å². The number of allylic oxidation sites excluding steroid dienone is 10. The van der Waals surface area contributed by atoms with Gasteiger partial charge in [-0.3, -0.25) is 14.1 Å². The molecule has 1 aliphatic heterocycles. The first-order valence-electron chi connectivity index (χ1n) is 23.8. The molecule has 12 nitrogen and oxygen atoms in total. The Morgan fingerprint density at radius 2 is 0.968 bits per heavy atom. The number of aliphatic hydroxyl groups excluding tert-OH is 3. The van der Waals surface area contributed by atoms with E-state index in [1.807, 2.05) is 0 Å². The van der Waals surface area contributed by atoms with Gasteiger partial charge >= 0.3 is 11.9 Å². The molecular weight excluding hydrogens is 813 g/mol. The number of carbonyl (C=O) groups excluding carboxylic acids is 2. The molecule has 0 spiro atoms. The summed E-state index contributed by atoms with van der Waals surface area (Å²) >= 11 is 0. The van der Waals surface area contributed by atoms with Gasteiger partial charge in [-0.2, -0.15) is 8.42 Å². The van der Waals surface area contributed by atoms with Gasteiger partial charge in [-0.15, -0.1) is 0 Å². The summed E-state index contributed by atoms with van der Waals surface area (Å²) in [5, 5.41) is 30.9. The van der Waals surface area contributed by atoms with E-state index in [1.165, 1.54) is 70.6 Å². The number of carbonyl (C=O) groups is 2. The fourth-order valence-electron chi connectivity index (χ4n) is 6.83. The molecule has 13 heteroatoms. The molecule has 1 heterocycles. The van der Waals surface area contributed by atoms with Gasteiger partial charge in [0.25, 0.3) is 10.1 Å². The number of esters is 2. The topological polar surface area (TPSA) is 186 Å². The predicted octanol–water partition coefficient (Wildman–Crippen LogP) is 10.1. The van der Waals surface area contributed by atoms with E-state index >= 15 is 0 Å². The summed E-state index contributed by atoms with van der Waals surface area (Å²) in [5.41, 5.74) is 0. The number of rotatable bonds is 39. The molecule has 0 aliphatic carbocycles. The number of hydrogen-bond acceptors (Lipinski definition) is 11. The normalized spacial score (nSPS) is 20.4. The molecule has 6 atom stereocenters. The summed E-state index contributed by atoms with van der Waals surface area (Å²) in [4.78, 5) is 25.4. The van der Waals surface area contributed by atoms with Crippen molar-refractivity contribution in [3.05, 3.63) is 60.8 Å². The third-order valence-corrected chi connectivity index (χ3v) is 11.3. The van der Waals surface area contributed by atoms with Crippen LogP contribution in [-0.2, 0) is 38.7 Å². The minimum Gasteiger partial charge on any atom is -0.462 e. The Bertz CT molecular complexity index is 1370. The van der Waals surface area contributed by atoms with Crippen LogP contribution in [-0.4, -0.2) is 96.0 Å². The summed E-state index contributed by atoms with van der Waals surface area (Å²) in [6.07, 6.45) is 38.3. The molecule has 1 rings (SSSR count). The third-order valence-electron chi connectivity index (χ3n) is 10.6. The van der Waals surface area contributed by atoms with E-state index in [-0.39, 0.29) is 19.4 Å². The second-order valence-corrected chi connectivity index (χ2v) is 17.9. The van der Waals surface area contributed by atoms with E-state index in [0.29, 0.717) is 12.8 Å². The van der Waals surface area contributed by atoms with E-state index in [9.17, 15) is 37.9 Å². The lowest BCUT2D eigenvalue weighted by Crippen LogP contribution is -2.60. The van der Waals surface area contributed by atoms with Crippen molar-refractivity contribution < 1.29 is 56.8 Å². The van der Waals surface area contributed by atoms with Crippen LogP contribution in [0.2, 0.25) is 0 Å². The molecule has 62 heavy (non-hydrogen) atoms. The van der Waals surface area contributed by atoms with Crippen molar-refractivity contribution in [2.24, 2.45) is 0 Å². The zero-order valence-electron chi connectivity index (χ0n) is 38.2. The van der Waals surface area contributed by atoms with Crippen LogP contribution in [0.3, 0.4) is 0 Å². The first-order valence-corrected chi connectivity index (χ1v) is 25.5. The van der Waals surface area contributed by atoms with Crippen molar-refractivity contribution in [1.29, 1.82) is 0 Å². The van der Waals surface area contributed by atoms with Gasteiger partial charge in [-0.25, -0.2) is 0 Å². The highest BCUT2D eigenvalue weighted by atomic mass is 32.2. The quantitative estimate of drug-likeness (QED) is 0.0198. The summed E-state index contributed by atoms with van der Waals surface area (Å²) in [5.74, 6) is -2.03. The molecular formula is C49H84O12S. The Kier molecular flexibility index (Phi) is 35.9. The van der Waals surface area contributed by atoms with Gasteiger partial charge in [0.1, 0.15) is 36.8 Å². The first kappa shape index (κ1) is 57.4. The maximum Gasteiger partial charge on any atom is 0.306 e. The number of unbranched alkanes of at least 4 members (excludes halogenated alkanes) is 17. The molecule has 0 bridgehead atoms. The van der Waals surface area contributed by atoms with Gasteiger partial charge in [-0.05, 0) is 83.5 Å². The minimum atomic E-state index is -4.61. The van der Waals surface area contributed by atoms with E-state index in [2.05, 4.69) is 74.6 Å². The fourth-order valence-corrected chi connectivity index (χ4v) is 7.52. The maximum absolute atomic E-state index is 12.8. The van der Waals surface area contributed by atoms with E-state index < -0.39 is 71.2 Å². The molecule has 2 unspecified atom stereocenters. The second kappa shape index (κ2) is 38.8. The van der Waals surface area contributed by atoms with Crippen LogP contribution < -0.4 is 0 Å². The predicted molar refractivity (Wildman–Crippen MR) is 247 cm³/mol. The maximum atomic E-state index is 12.8.